The van der Waals surface area contributed by atoms with Crippen LogP contribution in [0.4, 0.5) is 0 Å². The van der Waals surface area contributed by atoms with Crippen molar-refractivity contribution in [2.24, 2.45) is 7.05 Å². The Hall–Kier alpha value is 0.160. The molecule has 1 fully saturated rings. The van der Waals surface area contributed by atoms with E-state index >= 15 is 0 Å². The maximum absolute atomic E-state index is 6.36. The number of nitrogens with one attached hydrogen (secondary N) is 1. The highest BCUT2D eigenvalue weighted by Gasteiger charge is 2.34. The fraction of sp³-hybridized carbons (Fsp3) is 0.786. The van der Waals surface area contributed by atoms with Crippen LogP contribution in [0.1, 0.15) is 38.9 Å². The predicted octanol–water partition coefficient (Wildman–Crippen LogP) is 3.74. The number of halogens is 1. The van der Waals surface area contributed by atoms with Crippen LogP contribution in [-0.4, -0.2) is 37.8 Å². The molecule has 1 aliphatic heterocycles. The maximum Gasteiger partial charge on any atom is 0.0834 e. The van der Waals surface area contributed by atoms with Gasteiger partial charge in [-0.3, -0.25) is 4.68 Å². The topological polar surface area (TPSA) is 29.9 Å². The van der Waals surface area contributed by atoms with Crippen molar-refractivity contribution in [2.45, 2.75) is 49.0 Å². The number of hydrogen-bond donors (Lipinski definition) is 1. The molecule has 0 aliphatic carbocycles. The maximum atomic E-state index is 6.36. The lowest BCUT2D eigenvalue weighted by Crippen LogP contribution is -2.38. The zero-order valence-electron chi connectivity index (χ0n) is 12.6. The molecule has 6 heteroatoms. The SMILES string of the molecule is CCCNC(c1c(Cl)cnn1C)C1CSC(C)C(C)S1. The summed E-state index contributed by atoms with van der Waals surface area (Å²) in [5, 5.41) is 10.7. The van der Waals surface area contributed by atoms with Gasteiger partial charge in [-0.1, -0.05) is 32.4 Å². The molecule has 114 valence electrons. The Bertz CT molecular complexity index is 419. The Morgan fingerprint density at radius 3 is 2.80 bits per heavy atom. The minimum atomic E-state index is 0.280. The van der Waals surface area contributed by atoms with Crippen molar-refractivity contribution in [1.82, 2.24) is 15.1 Å². The highest BCUT2D eigenvalue weighted by Crippen LogP contribution is 2.42. The van der Waals surface area contributed by atoms with Crippen molar-refractivity contribution in [3.63, 3.8) is 0 Å². The zero-order chi connectivity index (χ0) is 14.7. The average Bonchev–Trinajstić information content (AvgIpc) is 2.75. The fourth-order valence-corrected chi connectivity index (χ4v) is 5.83. The first-order chi connectivity index (χ1) is 9.54. The smallest absolute Gasteiger partial charge is 0.0834 e. The van der Waals surface area contributed by atoms with Crippen molar-refractivity contribution in [1.29, 1.82) is 0 Å². The molecule has 1 aromatic rings. The van der Waals surface area contributed by atoms with E-state index in [1.165, 1.54) is 5.75 Å². The lowest BCUT2D eigenvalue weighted by Gasteiger charge is -2.36. The molecule has 0 amide bonds. The third-order valence-electron chi connectivity index (χ3n) is 3.79. The van der Waals surface area contributed by atoms with Gasteiger partial charge in [0.15, 0.2) is 0 Å². The lowest BCUT2D eigenvalue weighted by molar-refractivity contribution is 0.493. The number of hydrogen-bond acceptors (Lipinski definition) is 4. The molecule has 0 aromatic carbocycles. The summed E-state index contributed by atoms with van der Waals surface area (Å²) in [6, 6.07) is 0.280. The third kappa shape index (κ3) is 3.67. The van der Waals surface area contributed by atoms with Crippen molar-refractivity contribution in [2.75, 3.05) is 12.3 Å². The molecule has 1 saturated heterocycles. The van der Waals surface area contributed by atoms with Gasteiger partial charge in [-0.2, -0.15) is 28.6 Å². The Kier molecular flexibility index (Phi) is 6.14. The molecule has 0 spiro atoms. The minimum Gasteiger partial charge on any atom is -0.308 e. The highest BCUT2D eigenvalue weighted by atomic mass is 35.5. The third-order valence-corrected chi connectivity index (χ3v) is 7.58. The summed E-state index contributed by atoms with van der Waals surface area (Å²) in [5.74, 6) is 1.17. The number of aryl methyl sites for hydroxylation is 1. The molecular formula is C14H24ClN3S2. The zero-order valence-corrected chi connectivity index (χ0v) is 15.0. The van der Waals surface area contributed by atoms with Gasteiger partial charge >= 0.3 is 0 Å². The van der Waals surface area contributed by atoms with Crippen LogP contribution in [0.25, 0.3) is 0 Å². The summed E-state index contributed by atoms with van der Waals surface area (Å²) >= 11 is 10.5. The van der Waals surface area contributed by atoms with E-state index in [1.807, 2.05) is 11.7 Å². The second-order valence-corrected chi connectivity index (χ2v) is 8.79. The van der Waals surface area contributed by atoms with E-state index in [1.54, 1.807) is 6.20 Å². The Morgan fingerprint density at radius 2 is 2.25 bits per heavy atom. The first-order valence-electron chi connectivity index (χ1n) is 7.22. The molecular weight excluding hydrogens is 310 g/mol. The quantitative estimate of drug-likeness (QED) is 0.889. The lowest BCUT2D eigenvalue weighted by atomic mass is 10.1. The van der Waals surface area contributed by atoms with Crippen LogP contribution in [-0.2, 0) is 7.05 Å². The van der Waals surface area contributed by atoms with E-state index in [0.29, 0.717) is 10.5 Å². The van der Waals surface area contributed by atoms with Crippen molar-refractivity contribution < 1.29 is 0 Å². The van der Waals surface area contributed by atoms with E-state index in [9.17, 15) is 0 Å². The largest absolute Gasteiger partial charge is 0.308 e. The summed E-state index contributed by atoms with van der Waals surface area (Å²) in [6.07, 6.45) is 2.88. The van der Waals surface area contributed by atoms with Crippen LogP contribution in [0.3, 0.4) is 0 Å². The summed E-state index contributed by atoms with van der Waals surface area (Å²) in [6.45, 7) is 7.86. The van der Waals surface area contributed by atoms with E-state index in [4.69, 9.17) is 11.6 Å². The Balaban J connectivity index is 2.19. The van der Waals surface area contributed by atoms with Crippen LogP contribution >= 0.6 is 35.1 Å². The first kappa shape index (κ1) is 16.5. The number of thioether (sulfide) groups is 2. The average molecular weight is 334 g/mol. The van der Waals surface area contributed by atoms with Gasteiger partial charge in [0.1, 0.15) is 0 Å². The second kappa shape index (κ2) is 7.43. The van der Waals surface area contributed by atoms with Gasteiger partial charge in [0.05, 0.1) is 23.0 Å². The van der Waals surface area contributed by atoms with E-state index in [0.717, 1.165) is 28.9 Å². The van der Waals surface area contributed by atoms with Crippen LogP contribution in [0.5, 0.6) is 0 Å². The van der Waals surface area contributed by atoms with Gasteiger partial charge in [0, 0.05) is 28.6 Å². The van der Waals surface area contributed by atoms with Crippen molar-refractivity contribution >= 4 is 35.1 Å². The molecule has 2 rings (SSSR count). The molecule has 1 N–H and O–H groups in total. The molecule has 3 nitrogen and oxygen atoms in total. The summed E-state index contributed by atoms with van der Waals surface area (Å²) in [4.78, 5) is 0. The molecule has 0 bridgehead atoms. The normalized spacial score (nSPS) is 28.6. The monoisotopic (exact) mass is 333 g/mol. The highest BCUT2D eigenvalue weighted by molar-refractivity contribution is 8.07. The van der Waals surface area contributed by atoms with Gasteiger partial charge in [-0.25, -0.2) is 0 Å². The minimum absolute atomic E-state index is 0.280. The molecule has 0 radical (unpaired) electrons. The van der Waals surface area contributed by atoms with Gasteiger partial charge in [-0.15, -0.1) is 0 Å². The number of rotatable bonds is 5. The standard InChI is InChI=1S/C14H24ClN3S2/c1-5-6-16-13(14-11(15)7-17-18(14)4)12-8-19-9(2)10(3)20-12/h7,9-10,12-13,16H,5-6,8H2,1-4H3. The Labute approximate surface area is 135 Å². The van der Waals surface area contributed by atoms with Gasteiger partial charge in [0.25, 0.3) is 0 Å². The molecule has 0 saturated carbocycles. The van der Waals surface area contributed by atoms with Crippen LogP contribution in [0.2, 0.25) is 5.02 Å². The Morgan fingerprint density at radius 1 is 1.50 bits per heavy atom. The molecule has 4 unspecified atom stereocenters. The molecule has 1 aromatic heterocycles. The van der Waals surface area contributed by atoms with Gasteiger partial charge in [0.2, 0.25) is 0 Å². The predicted molar refractivity (Wildman–Crippen MR) is 92.0 cm³/mol. The van der Waals surface area contributed by atoms with Crippen molar-refractivity contribution in [3.05, 3.63) is 16.9 Å². The molecule has 2 heterocycles. The van der Waals surface area contributed by atoms with Crippen LogP contribution < -0.4 is 5.32 Å². The van der Waals surface area contributed by atoms with E-state index in [-0.39, 0.29) is 6.04 Å². The van der Waals surface area contributed by atoms with Crippen molar-refractivity contribution in [3.8, 4) is 0 Å². The summed E-state index contributed by atoms with van der Waals surface area (Å²) in [7, 11) is 1.98. The van der Waals surface area contributed by atoms with E-state index < -0.39 is 0 Å². The number of aromatic nitrogens is 2. The van der Waals surface area contributed by atoms with Gasteiger partial charge < -0.3 is 5.32 Å². The fourth-order valence-electron chi connectivity index (χ4n) is 2.46. The first-order valence-corrected chi connectivity index (χ1v) is 9.59. The molecule has 20 heavy (non-hydrogen) atoms. The summed E-state index contributed by atoms with van der Waals surface area (Å²) < 4.78 is 1.92. The second-order valence-electron chi connectivity index (χ2n) is 5.35. The molecule has 1 aliphatic rings. The van der Waals surface area contributed by atoms with Crippen LogP contribution in [0.15, 0.2) is 6.20 Å². The van der Waals surface area contributed by atoms with E-state index in [2.05, 4.69) is 54.7 Å². The number of nitrogens with zero attached hydrogens (tertiary/aromatic N) is 2. The summed E-state index contributed by atoms with van der Waals surface area (Å²) in [5.41, 5.74) is 1.12. The van der Waals surface area contributed by atoms with Gasteiger partial charge in [-0.05, 0) is 13.0 Å². The van der Waals surface area contributed by atoms with Crippen LogP contribution in [0, 0.1) is 0 Å². The molecule has 4 atom stereocenters.